The van der Waals surface area contributed by atoms with E-state index in [9.17, 15) is 4.79 Å². The van der Waals surface area contributed by atoms with E-state index in [1.165, 1.54) is 11.1 Å². The number of hydrogen-bond acceptors (Lipinski definition) is 3. The Morgan fingerprint density at radius 1 is 1.18 bits per heavy atom. The molecule has 0 bridgehead atoms. The van der Waals surface area contributed by atoms with Gasteiger partial charge in [-0.05, 0) is 24.2 Å². The van der Waals surface area contributed by atoms with Crippen LogP contribution in [-0.2, 0) is 4.79 Å². The first-order valence-electron chi connectivity index (χ1n) is 7.54. The van der Waals surface area contributed by atoms with Gasteiger partial charge in [0.25, 0.3) is 0 Å². The summed E-state index contributed by atoms with van der Waals surface area (Å²) < 4.78 is 0. The number of benzene rings is 2. The molecule has 4 heteroatoms. The van der Waals surface area contributed by atoms with E-state index in [0.717, 1.165) is 22.9 Å². The third-order valence-corrected chi connectivity index (χ3v) is 4.96. The molecular formula is C18H20N2OS. The summed E-state index contributed by atoms with van der Waals surface area (Å²) in [5.41, 5.74) is 3.42. The number of thioether (sulfide) groups is 1. The number of para-hydroxylation sites is 1. The second-order valence-corrected chi connectivity index (χ2v) is 6.52. The molecule has 1 aliphatic heterocycles. The molecule has 0 radical (unpaired) electrons. The van der Waals surface area contributed by atoms with E-state index < -0.39 is 0 Å². The Bertz CT molecular complexity index is 657. The summed E-state index contributed by atoms with van der Waals surface area (Å²) in [4.78, 5) is 13.3. The maximum atomic E-state index is 12.2. The van der Waals surface area contributed by atoms with Crippen LogP contribution in [0.1, 0.15) is 23.5 Å². The highest BCUT2D eigenvalue weighted by Crippen LogP contribution is 2.41. The molecule has 0 aliphatic carbocycles. The lowest BCUT2D eigenvalue weighted by atomic mass is 9.85. The summed E-state index contributed by atoms with van der Waals surface area (Å²) in [5.74, 6) is 1.23. The van der Waals surface area contributed by atoms with Crippen LogP contribution in [0.3, 0.4) is 0 Å². The smallest absolute Gasteiger partial charge is 0.225 e. The number of fused-ring (bicyclic) bond motifs is 1. The van der Waals surface area contributed by atoms with Gasteiger partial charge in [-0.3, -0.25) is 4.79 Å². The fraction of sp³-hybridized carbons (Fsp3) is 0.278. The van der Waals surface area contributed by atoms with Crippen molar-refractivity contribution < 1.29 is 4.79 Å². The molecule has 3 nitrogen and oxygen atoms in total. The molecule has 1 atom stereocenters. The zero-order valence-electron chi connectivity index (χ0n) is 12.6. The number of carbonyl (C=O) groups is 1. The van der Waals surface area contributed by atoms with Crippen molar-refractivity contribution in [2.75, 3.05) is 24.7 Å². The molecule has 2 aromatic carbocycles. The third kappa shape index (κ3) is 3.18. The van der Waals surface area contributed by atoms with Gasteiger partial charge in [-0.15, -0.1) is 11.8 Å². The van der Waals surface area contributed by atoms with Crippen molar-refractivity contribution in [3.8, 4) is 0 Å². The first kappa shape index (κ1) is 15.1. The number of hydrogen-bond donors (Lipinski definition) is 2. The molecule has 22 heavy (non-hydrogen) atoms. The average Bonchev–Trinajstić information content (AvgIpc) is 2.55. The molecular weight excluding hydrogens is 292 g/mol. The molecule has 0 fully saturated rings. The second-order valence-electron chi connectivity index (χ2n) is 5.39. The normalized spacial score (nSPS) is 17.0. The van der Waals surface area contributed by atoms with Crippen LogP contribution in [0.2, 0.25) is 0 Å². The summed E-state index contributed by atoms with van der Waals surface area (Å²) in [7, 11) is 1.95. The fourth-order valence-corrected chi connectivity index (χ4v) is 3.84. The maximum Gasteiger partial charge on any atom is 0.225 e. The zero-order valence-corrected chi connectivity index (χ0v) is 13.5. The van der Waals surface area contributed by atoms with Gasteiger partial charge < -0.3 is 10.6 Å². The monoisotopic (exact) mass is 312 g/mol. The molecule has 3 rings (SSSR count). The van der Waals surface area contributed by atoms with Gasteiger partial charge in [0.15, 0.2) is 0 Å². The maximum absolute atomic E-state index is 12.2. The number of anilines is 1. The highest BCUT2D eigenvalue weighted by atomic mass is 32.2. The van der Waals surface area contributed by atoms with Crippen LogP contribution in [-0.4, -0.2) is 25.3 Å². The largest absolute Gasteiger partial charge is 0.325 e. The highest BCUT2D eigenvalue weighted by Gasteiger charge is 2.27. The van der Waals surface area contributed by atoms with Gasteiger partial charge in [-0.25, -0.2) is 0 Å². The number of rotatable bonds is 5. The Labute approximate surface area is 135 Å². The topological polar surface area (TPSA) is 41.1 Å². The van der Waals surface area contributed by atoms with Gasteiger partial charge >= 0.3 is 0 Å². The average molecular weight is 312 g/mol. The first-order chi connectivity index (χ1) is 10.8. The zero-order chi connectivity index (χ0) is 15.4. The molecule has 0 aromatic heterocycles. The van der Waals surface area contributed by atoms with Crippen LogP contribution in [0.15, 0.2) is 53.4 Å². The minimum atomic E-state index is 0.100. The van der Waals surface area contributed by atoms with Crippen molar-refractivity contribution in [2.45, 2.75) is 17.2 Å². The minimum absolute atomic E-state index is 0.100. The Balaban J connectivity index is 1.96. The van der Waals surface area contributed by atoms with E-state index in [-0.39, 0.29) is 11.8 Å². The second kappa shape index (κ2) is 6.99. The molecule has 1 aliphatic rings. The van der Waals surface area contributed by atoms with Crippen LogP contribution in [0, 0.1) is 0 Å². The van der Waals surface area contributed by atoms with Gasteiger partial charge in [0.2, 0.25) is 5.91 Å². The van der Waals surface area contributed by atoms with E-state index in [1.54, 1.807) is 11.8 Å². The van der Waals surface area contributed by atoms with Gasteiger partial charge in [0.1, 0.15) is 0 Å². The molecule has 2 aromatic rings. The summed E-state index contributed by atoms with van der Waals surface area (Å²) in [5, 5.41) is 6.23. The predicted molar refractivity (Wildman–Crippen MR) is 92.6 cm³/mol. The molecule has 0 spiro atoms. The van der Waals surface area contributed by atoms with E-state index in [2.05, 4.69) is 41.0 Å². The lowest BCUT2D eigenvalue weighted by Gasteiger charge is -2.27. The van der Waals surface area contributed by atoms with Crippen LogP contribution >= 0.6 is 11.8 Å². The summed E-state index contributed by atoms with van der Waals surface area (Å²) in [6.45, 7) is 0.949. The Morgan fingerprint density at radius 3 is 2.77 bits per heavy atom. The van der Waals surface area contributed by atoms with Crippen molar-refractivity contribution in [3.05, 3.63) is 59.7 Å². The van der Waals surface area contributed by atoms with Gasteiger partial charge in [-0.2, -0.15) is 0 Å². The van der Waals surface area contributed by atoms with Crippen molar-refractivity contribution in [1.29, 1.82) is 0 Å². The third-order valence-electron chi connectivity index (χ3n) is 3.90. The van der Waals surface area contributed by atoms with E-state index in [1.807, 2.05) is 25.2 Å². The molecule has 0 saturated carbocycles. The SMILES string of the molecule is CNCCSc1cccc2c1NC(=O)CC2c1ccccc1. The van der Waals surface area contributed by atoms with Gasteiger partial charge in [0.05, 0.1) is 5.69 Å². The minimum Gasteiger partial charge on any atom is -0.325 e. The summed E-state index contributed by atoms with van der Waals surface area (Å²) in [6.07, 6.45) is 0.516. The Morgan fingerprint density at radius 2 is 2.00 bits per heavy atom. The number of carbonyl (C=O) groups excluding carboxylic acids is 1. The standard InChI is InChI=1S/C18H20N2OS/c1-19-10-11-22-16-9-5-8-14-15(12-17(21)20-18(14)16)13-6-3-2-4-7-13/h2-9,15,19H,10-12H2,1H3,(H,20,21). The van der Waals surface area contributed by atoms with Crippen molar-refractivity contribution in [3.63, 3.8) is 0 Å². The molecule has 1 amide bonds. The molecule has 2 N–H and O–H groups in total. The summed E-state index contributed by atoms with van der Waals surface area (Å²) >= 11 is 1.78. The van der Waals surface area contributed by atoms with Crippen LogP contribution < -0.4 is 10.6 Å². The number of amides is 1. The van der Waals surface area contributed by atoms with Gasteiger partial charge in [0, 0.05) is 29.5 Å². The quantitative estimate of drug-likeness (QED) is 0.656. The molecule has 1 unspecified atom stereocenters. The van der Waals surface area contributed by atoms with Crippen molar-refractivity contribution >= 4 is 23.4 Å². The molecule has 1 heterocycles. The molecule has 114 valence electrons. The first-order valence-corrected chi connectivity index (χ1v) is 8.53. The van der Waals surface area contributed by atoms with E-state index in [0.29, 0.717) is 6.42 Å². The van der Waals surface area contributed by atoms with Gasteiger partial charge in [-0.1, -0.05) is 42.5 Å². The predicted octanol–water partition coefficient (Wildman–Crippen LogP) is 3.47. The van der Waals surface area contributed by atoms with E-state index >= 15 is 0 Å². The van der Waals surface area contributed by atoms with Crippen LogP contribution in [0.4, 0.5) is 5.69 Å². The Hall–Kier alpha value is -1.78. The summed E-state index contributed by atoms with van der Waals surface area (Å²) in [6, 6.07) is 16.6. The highest BCUT2D eigenvalue weighted by molar-refractivity contribution is 7.99. The van der Waals surface area contributed by atoms with Crippen molar-refractivity contribution in [2.24, 2.45) is 0 Å². The lowest BCUT2D eigenvalue weighted by Crippen LogP contribution is -2.24. The van der Waals surface area contributed by atoms with Crippen LogP contribution in [0.5, 0.6) is 0 Å². The Kier molecular flexibility index (Phi) is 4.80. The lowest BCUT2D eigenvalue weighted by molar-refractivity contribution is -0.116. The van der Waals surface area contributed by atoms with Crippen LogP contribution in [0.25, 0.3) is 0 Å². The number of nitrogens with one attached hydrogen (secondary N) is 2. The fourth-order valence-electron chi connectivity index (χ4n) is 2.82. The van der Waals surface area contributed by atoms with E-state index in [4.69, 9.17) is 0 Å². The van der Waals surface area contributed by atoms with Crippen molar-refractivity contribution in [1.82, 2.24) is 5.32 Å². The molecule has 0 saturated heterocycles.